The molecule has 2 aromatic rings. The molecule has 1 aromatic carbocycles. The number of ether oxygens (including phenoxy) is 1. The summed E-state index contributed by atoms with van der Waals surface area (Å²) < 4.78 is 19.7. The van der Waals surface area contributed by atoms with Crippen LogP contribution in [0, 0.1) is 5.82 Å². The number of aromatic amines is 1. The number of H-pyrrole nitrogens is 1. The molecule has 0 saturated heterocycles. The number of nitrogens with zero attached hydrogens (tertiary/aromatic N) is 2. The van der Waals surface area contributed by atoms with E-state index >= 15 is 0 Å². The van der Waals surface area contributed by atoms with E-state index in [-0.39, 0.29) is 6.54 Å². The van der Waals surface area contributed by atoms with E-state index < -0.39 is 23.9 Å². The van der Waals surface area contributed by atoms with Crippen LogP contribution in [-0.2, 0) is 16.0 Å². The van der Waals surface area contributed by atoms with Crippen LogP contribution in [-0.4, -0.2) is 47.1 Å². The standard InChI is InChI=1S/C16H16BrFN4O3/c1-25-13(23)7-19-16(24)22-5-4-12-14(21-8-20-12)15(22)10-3-2-9(17)6-11(10)18/h2-3,6,8,15H,4-5,7H2,1H3,(H,19,24)(H,20,21)/t15-/m0/s1. The monoisotopic (exact) mass is 410 g/mol. The molecule has 132 valence electrons. The summed E-state index contributed by atoms with van der Waals surface area (Å²) >= 11 is 3.23. The number of methoxy groups -OCH3 is 1. The molecule has 9 heteroatoms. The summed E-state index contributed by atoms with van der Waals surface area (Å²) in [4.78, 5) is 32.6. The molecule has 7 nitrogen and oxygen atoms in total. The third kappa shape index (κ3) is 3.51. The first-order valence-electron chi connectivity index (χ1n) is 7.59. The van der Waals surface area contributed by atoms with E-state index in [0.29, 0.717) is 28.7 Å². The lowest BCUT2D eigenvalue weighted by Gasteiger charge is -2.35. The molecule has 3 rings (SSSR count). The average Bonchev–Trinajstić information content (AvgIpc) is 3.07. The molecule has 1 atom stereocenters. The molecule has 1 aromatic heterocycles. The van der Waals surface area contributed by atoms with Gasteiger partial charge in [-0.05, 0) is 12.1 Å². The Morgan fingerprint density at radius 2 is 2.32 bits per heavy atom. The number of esters is 1. The Bertz CT molecular complexity index is 810. The number of carbonyl (C=O) groups excluding carboxylic acids is 2. The van der Waals surface area contributed by atoms with Gasteiger partial charge in [0, 0.05) is 28.7 Å². The highest BCUT2D eigenvalue weighted by Gasteiger charge is 2.35. The molecule has 0 bridgehead atoms. The number of carbonyl (C=O) groups is 2. The van der Waals surface area contributed by atoms with E-state index in [1.54, 1.807) is 12.1 Å². The SMILES string of the molecule is COC(=O)CNC(=O)N1CCc2[nH]cnc2[C@@H]1c1ccc(Br)cc1F. The third-order valence-corrected chi connectivity index (χ3v) is 4.55. The van der Waals surface area contributed by atoms with Crippen LogP contribution >= 0.6 is 15.9 Å². The smallest absolute Gasteiger partial charge is 0.325 e. The van der Waals surface area contributed by atoms with E-state index in [1.807, 2.05) is 0 Å². The predicted molar refractivity (Wildman–Crippen MR) is 90.4 cm³/mol. The Labute approximate surface area is 151 Å². The van der Waals surface area contributed by atoms with E-state index in [9.17, 15) is 14.0 Å². The largest absolute Gasteiger partial charge is 0.468 e. The highest BCUT2D eigenvalue weighted by atomic mass is 79.9. The summed E-state index contributed by atoms with van der Waals surface area (Å²) in [5.41, 5.74) is 1.80. The molecule has 2 heterocycles. The molecule has 0 unspecified atom stereocenters. The molecule has 1 aliphatic rings. The van der Waals surface area contributed by atoms with Crippen molar-refractivity contribution in [3.8, 4) is 0 Å². The fourth-order valence-corrected chi connectivity index (χ4v) is 3.19. The van der Waals surface area contributed by atoms with Gasteiger partial charge in [0.1, 0.15) is 18.4 Å². The number of halogens is 2. The minimum atomic E-state index is -0.680. The Balaban J connectivity index is 1.94. The Morgan fingerprint density at radius 1 is 1.52 bits per heavy atom. The maximum absolute atomic E-state index is 14.5. The number of urea groups is 1. The molecule has 2 N–H and O–H groups in total. The lowest BCUT2D eigenvalue weighted by Crippen LogP contribution is -2.47. The number of hydrogen-bond donors (Lipinski definition) is 2. The maximum atomic E-state index is 14.5. The predicted octanol–water partition coefficient (Wildman–Crippen LogP) is 2.14. The lowest BCUT2D eigenvalue weighted by atomic mass is 9.95. The zero-order valence-corrected chi connectivity index (χ0v) is 15.0. The van der Waals surface area contributed by atoms with Gasteiger partial charge in [0.15, 0.2) is 0 Å². The van der Waals surface area contributed by atoms with Crippen LogP contribution in [0.15, 0.2) is 29.0 Å². The highest BCUT2D eigenvalue weighted by molar-refractivity contribution is 9.10. The van der Waals surface area contributed by atoms with Crippen LogP contribution in [0.1, 0.15) is 23.0 Å². The molecular weight excluding hydrogens is 395 g/mol. The van der Waals surface area contributed by atoms with Gasteiger partial charge in [-0.3, -0.25) is 4.79 Å². The fraction of sp³-hybridized carbons (Fsp3) is 0.312. The van der Waals surface area contributed by atoms with Gasteiger partial charge in [0.2, 0.25) is 0 Å². The molecular formula is C16H16BrFN4O3. The van der Waals surface area contributed by atoms with E-state index in [0.717, 1.165) is 5.69 Å². The first-order valence-corrected chi connectivity index (χ1v) is 8.39. The van der Waals surface area contributed by atoms with Crippen molar-refractivity contribution in [3.05, 3.63) is 51.8 Å². The van der Waals surface area contributed by atoms with Gasteiger partial charge in [-0.1, -0.05) is 22.0 Å². The van der Waals surface area contributed by atoms with Crippen LogP contribution in [0.4, 0.5) is 9.18 Å². The van der Waals surface area contributed by atoms with Crippen molar-refractivity contribution in [2.45, 2.75) is 12.5 Å². The second kappa shape index (κ2) is 7.22. The third-order valence-electron chi connectivity index (χ3n) is 4.05. The van der Waals surface area contributed by atoms with E-state index in [4.69, 9.17) is 0 Å². The highest BCUT2D eigenvalue weighted by Crippen LogP contribution is 2.35. The second-order valence-electron chi connectivity index (χ2n) is 5.51. The van der Waals surface area contributed by atoms with Crippen molar-refractivity contribution in [2.24, 2.45) is 0 Å². The quantitative estimate of drug-likeness (QED) is 0.758. The molecule has 25 heavy (non-hydrogen) atoms. The summed E-state index contributed by atoms with van der Waals surface area (Å²) in [6, 6.07) is 3.52. The van der Waals surface area contributed by atoms with Gasteiger partial charge in [-0.15, -0.1) is 0 Å². The van der Waals surface area contributed by atoms with Crippen LogP contribution < -0.4 is 5.32 Å². The average molecular weight is 411 g/mol. The zero-order chi connectivity index (χ0) is 18.0. The van der Waals surface area contributed by atoms with Crippen LogP contribution in [0.25, 0.3) is 0 Å². The Morgan fingerprint density at radius 3 is 3.04 bits per heavy atom. The minimum absolute atomic E-state index is 0.255. The van der Waals surface area contributed by atoms with Crippen LogP contribution in [0.3, 0.4) is 0 Å². The molecule has 0 spiro atoms. The molecule has 0 saturated carbocycles. The summed E-state index contributed by atoms with van der Waals surface area (Å²) in [6.07, 6.45) is 2.10. The molecule has 1 aliphatic heterocycles. The number of amides is 2. The normalized spacial score (nSPS) is 16.3. The van der Waals surface area contributed by atoms with Gasteiger partial charge >= 0.3 is 12.0 Å². The number of hydrogen-bond acceptors (Lipinski definition) is 4. The van der Waals surface area contributed by atoms with Crippen LogP contribution in [0.2, 0.25) is 0 Å². The van der Waals surface area contributed by atoms with Crippen molar-refractivity contribution >= 4 is 27.9 Å². The second-order valence-corrected chi connectivity index (χ2v) is 6.43. The fourth-order valence-electron chi connectivity index (χ4n) is 2.86. The van der Waals surface area contributed by atoms with Crippen LogP contribution in [0.5, 0.6) is 0 Å². The van der Waals surface area contributed by atoms with Gasteiger partial charge in [0.05, 0.1) is 19.1 Å². The van der Waals surface area contributed by atoms with Crippen molar-refractivity contribution < 1.29 is 18.7 Å². The van der Waals surface area contributed by atoms with Crippen molar-refractivity contribution in [2.75, 3.05) is 20.2 Å². The topological polar surface area (TPSA) is 87.3 Å². The molecule has 0 fully saturated rings. The van der Waals surface area contributed by atoms with E-state index in [1.165, 1.54) is 24.4 Å². The van der Waals surface area contributed by atoms with Crippen molar-refractivity contribution in [1.29, 1.82) is 0 Å². The van der Waals surface area contributed by atoms with E-state index in [2.05, 4.69) is 36.0 Å². The maximum Gasteiger partial charge on any atom is 0.325 e. The molecule has 0 radical (unpaired) electrons. The number of imidazole rings is 1. The van der Waals surface area contributed by atoms with Gasteiger partial charge in [-0.25, -0.2) is 14.2 Å². The molecule has 2 amide bonds. The number of fused-ring (bicyclic) bond motifs is 1. The van der Waals surface area contributed by atoms with Crippen molar-refractivity contribution in [3.63, 3.8) is 0 Å². The van der Waals surface area contributed by atoms with Gasteiger partial charge in [0.25, 0.3) is 0 Å². The Hall–Kier alpha value is -2.42. The first kappa shape index (κ1) is 17.4. The number of rotatable bonds is 3. The summed E-state index contributed by atoms with van der Waals surface area (Å²) in [5.74, 6) is -1.00. The van der Waals surface area contributed by atoms with Crippen molar-refractivity contribution in [1.82, 2.24) is 20.2 Å². The number of aromatic nitrogens is 2. The summed E-state index contributed by atoms with van der Waals surface area (Å²) in [7, 11) is 1.24. The summed E-state index contributed by atoms with van der Waals surface area (Å²) in [5, 5.41) is 2.50. The van der Waals surface area contributed by atoms with Gasteiger partial charge in [-0.2, -0.15) is 0 Å². The lowest BCUT2D eigenvalue weighted by molar-refractivity contribution is -0.139. The minimum Gasteiger partial charge on any atom is -0.468 e. The first-order chi connectivity index (χ1) is 12.0. The number of nitrogens with one attached hydrogen (secondary N) is 2. The Kier molecular flexibility index (Phi) is 5.03. The number of benzene rings is 1. The zero-order valence-electron chi connectivity index (χ0n) is 13.4. The molecule has 0 aliphatic carbocycles. The summed E-state index contributed by atoms with van der Waals surface area (Å²) in [6.45, 7) is 0.108. The van der Waals surface area contributed by atoms with Gasteiger partial charge < -0.3 is 19.9 Å².